The first-order valence-corrected chi connectivity index (χ1v) is 14.5. The number of nitrogens with zero attached hydrogens (tertiary/aromatic N) is 2. The number of likely N-dealkylation sites (N-methyl/N-ethyl adjacent to an activating group) is 1. The Morgan fingerprint density at radius 2 is 1.63 bits per heavy atom. The maximum Gasteiger partial charge on any atom is 0.251 e. The maximum atomic E-state index is 14.3. The lowest BCUT2D eigenvalue weighted by Gasteiger charge is -2.28. The van der Waals surface area contributed by atoms with Gasteiger partial charge in [-0.15, -0.1) is 12.4 Å². The van der Waals surface area contributed by atoms with Gasteiger partial charge in [-0.3, -0.25) is 14.4 Å². The summed E-state index contributed by atoms with van der Waals surface area (Å²) in [6.45, 7) is 4.26. The van der Waals surface area contributed by atoms with Crippen molar-refractivity contribution in [1.29, 1.82) is 0 Å². The number of aryl methyl sites for hydroxylation is 1. The van der Waals surface area contributed by atoms with Crippen LogP contribution in [0.2, 0.25) is 0 Å². The minimum Gasteiger partial charge on any atom is -0.341 e. The van der Waals surface area contributed by atoms with Gasteiger partial charge in [0.25, 0.3) is 5.91 Å². The summed E-state index contributed by atoms with van der Waals surface area (Å²) in [4.78, 5) is 44.7. The van der Waals surface area contributed by atoms with Gasteiger partial charge < -0.3 is 20.4 Å². The number of fused-ring (bicyclic) bond motifs is 2. The van der Waals surface area contributed by atoms with Gasteiger partial charge in [-0.2, -0.15) is 0 Å². The molecular weight excluding hydrogens is 536 g/mol. The van der Waals surface area contributed by atoms with Crippen LogP contribution in [-0.4, -0.2) is 43.4 Å². The van der Waals surface area contributed by atoms with Crippen LogP contribution in [0, 0.1) is 12.8 Å². The molecule has 3 aromatic rings. The number of carbonyl (C=O) groups excluding carboxylic acids is 3. The number of para-hydroxylation sites is 2. The van der Waals surface area contributed by atoms with Crippen LogP contribution in [0.1, 0.15) is 56.6 Å². The second-order valence-corrected chi connectivity index (χ2v) is 11.3. The third kappa shape index (κ3) is 6.57. The van der Waals surface area contributed by atoms with Gasteiger partial charge in [0, 0.05) is 6.42 Å². The van der Waals surface area contributed by atoms with Gasteiger partial charge >= 0.3 is 0 Å². The molecule has 0 spiro atoms. The number of nitrogens with one attached hydrogen (secondary N) is 2. The molecule has 1 fully saturated rings. The highest BCUT2D eigenvalue weighted by molar-refractivity contribution is 6.08. The van der Waals surface area contributed by atoms with E-state index in [-0.39, 0.29) is 36.7 Å². The van der Waals surface area contributed by atoms with Crippen LogP contribution in [0.3, 0.4) is 0 Å². The van der Waals surface area contributed by atoms with E-state index in [0.717, 1.165) is 47.6 Å². The normalized spacial score (nSPS) is 18.3. The highest BCUT2D eigenvalue weighted by Crippen LogP contribution is 2.37. The summed E-state index contributed by atoms with van der Waals surface area (Å²) in [6.07, 6.45) is 6.13. The molecule has 0 aromatic heterocycles. The quantitative estimate of drug-likeness (QED) is 0.388. The summed E-state index contributed by atoms with van der Waals surface area (Å²) in [5, 5.41) is 8.11. The van der Waals surface area contributed by atoms with Gasteiger partial charge in [0.1, 0.15) is 6.04 Å². The molecule has 1 saturated carbocycles. The van der Waals surface area contributed by atoms with Gasteiger partial charge in [0.05, 0.1) is 30.5 Å². The minimum atomic E-state index is -0.874. The second-order valence-electron chi connectivity index (χ2n) is 11.3. The molecule has 1 aliphatic heterocycles. The van der Waals surface area contributed by atoms with Gasteiger partial charge in [-0.1, -0.05) is 67.8 Å². The van der Waals surface area contributed by atoms with E-state index in [0.29, 0.717) is 30.3 Å². The lowest BCUT2D eigenvalue weighted by atomic mass is 9.86. The van der Waals surface area contributed by atoms with E-state index in [4.69, 9.17) is 0 Å². The summed E-state index contributed by atoms with van der Waals surface area (Å²) in [6, 6.07) is 18.7. The average molecular weight is 577 g/mol. The lowest BCUT2D eigenvalue weighted by molar-refractivity contribution is -0.128. The topological polar surface area (TPSA) is 81.8 Å². The molecule has 2 atom stereocenters. The summed E-state index contributed by atoms with van der Waals surface area (Å²) in [7, 11) is 1.71. The van der Waals surface area contributed by atoms with E-state index in [1.807, 2.05) is 36.4 Å². The first kappa shape index (κ1) is 30.5. The Bertz CT molecular complexity index is 1400. The van der Waals surface area contributed by atoms with Crippen LogP contribution in [-0.2, 0) is 20.9 Å². The largest absolute Gasteiger partial charge is 0.341 e. The Balaban J connectivity index is 0.00000387. The molecule has 0 radical (unpaired) electrons. The number of amides is 3. The van der Waals surface area contributed by atoms with Crippen LogP contribution in [0.25, 0.3) is 10.8 Å². The molecule has 0 bridgehead atoms. The first-order chi connectivity index (χ1) is 19.4. The molecule has 218 valence electrons. The maximum absolute atomic E-state index is 14.3. The third-order valence-corrected chi connectivity index (χ3v) is 8.62. The zero-order chi connectivity index (χ0) is 28.2. The summed E-state index contributed by atoms with van der Waals surface area (Å²) < 4.78 is 0. The van der Waals surface area contributed by atoms with E-state index in [1.165, 1.54) is 6.42 Å². The molecule has 1 aliphatic carbocycles. The number of hydrogen-bond donors (Lipinski definition) is 2. The van der Waals surface area contributed by atoms with Crippen molar-refractivity contribution in [1.82, 2.24) is 10.6 Å². The Morgan fingerprint density at radius 1 is 0.951 bits per heavy atom. The van der Waals surface area contributed by atoms with Crippen LogP contribution in [0.15, 0.2) is 60.7 Å². The van der Waals surface area contributed by atoms with Crippen LogP contribution >= 0.6 is 12.4 Å². The van der Waals surface area contributed by atoms with Gasteiger partial charge in [0.15, 0.2) is 0 Å². The zero-order valence-electron chi connectivity index (χ0n) is 24.2. The number of halogens is 1. The summed E-state index contributed by atoms with van der Waals surface area (Å²) >= 11 is 0. The number of hydrogen-bond acceptors (Lipinski definition) is 4. The Labute approximate surface area is 249 Å². The molecule has 1 heterocycles. The lowest BCUT2D eigenvalue weighted by Crippen LogP contribution is -2.55. The third-order valence-electron chi connectivity index (χ3n) is 8.62. The van der Waals surface area contributed by atoms with Gasteiger partial charge in [-0.05, 0) is 73.7 Å². The molecule has 0 saturated heterocycles. The summed E-state index contributed by atoms with van der Waals surface area (Å²) in [5.74, 6) is -0.118. The molecule has 8 heteroatoms. The first-order valence-electron chi connectivity index (χ1n) is 14.5. The number of rotatable bonds is 7. The Hall–Kier alpha value is -3.42. The highest BCUT2D eigenvalue weighted by Gasteiger charge is 2.38. The second kappa shape index (κ2) is 13.5. The van der Waals surface area contributed by atoms with Crippen molar-refractivity contribution in [2.45, 2.75) is 71.0 Å². The highest BCUT2D eigenvalue weighted by atomic mass is 35.5. The van der Waals surface area contributed by atoms with Crippen molar-refractivity contribution in [3.05, 3.63) is 71.8 Å². The SMILES string of the molecule is CN[C@@H](C)C(=O)N[C@H]1CN(C(=O)CC2CCCCC2)c2ccccc2N(Cc2c(C)ccc3ccccc23)C1=O.Cl. The van der Waals surface area contributed by atoms with Crippen molar-refractivity contribution in [2.75, 3.05) is 23.4 Å². The predicted molar refractivity (Wildman–Crippen MR) is 168 cm³/mol. The molecule has 0 unspecified atom stereocenters. The van der Waals surface area contributed by atoms with E-state index in [9.17, 15) is 14.4 Å². The van der Waals surface area contributed by atoms with Gasteiger partial charge in [-0.25, -0.2) is 0 Å². The van der Waals surface area contributed by atoms with E-state index < -0.39 is 12.1 Å². The zero-order valence-corrected chi connectivity index (χ0v) is 25.0. The number of anilines is 2. The van der Waals surface area contributed by atoms with Crippen molar-refractivity contribution >= 4 is 52.3 Å². The van der Waals surface area contributed by atoms with Crippen molar-refractivity contribution in [2.24, 2.45) is 5.92 Å². The van der Waals surface area contributed by atoms with Gasteiger partial charge in [0.2, 0.25) is 11.8 Å². The molecule has 3 aromatic carbocycles. The van der Waals surface area contributed by atoms with E-state index in [1.54, 1.807) is 23.8 Å². The Kier molecular flexibility index (Phi) is 10.1. The fourth-order valence-electron chi connectivity index (χ4n) is 6.08. The van der Waals surface area contributed by atoms with Crippen molar-refractivity contribution in [3.63, 3.8) is 0 Å². The smallest absolute Gasteiger partial charge is 0.251 e. The molecule has 5 rings (SSSR count). The van der Waals surface area contributed by atoms with E-state index >= 15 is 0 Å². The molecule has 7 nitrogen and oxygen atoms in total. The number of benzene rings is 3. The number of carbonyl (C=O) groups is 3. The predicted octanol–water partition coefficient (Wildman–Crippen LogP) is 5.51. The van der Waals surface area contributed by atoms with Crippen molar-refractivity contribution < 1.29 is 14.4 Å². The monoisotopic (exact) mass is 576 g/mol. The molecular formula is C33H41ClN4O3. The molecule has 2 aliphatic rings. The van der Waals surface area contributed by atoms with Crippen molar-refractivity contribution in [3.8, 4) is 0 Å². The summed E-state index contributed by atoms with van der Waals surface area (Å²) in [5.41, 5.74) is 3.54. The molecule has 2 N–H and O–H groups in total. The van der Waals surface area contributed by atoms with E-state index in [2.05, 4.69) is 41.8 Å². The fourth-order valence-corrected chi connectivity index (χ4v) is 6.08. The molecule has 41 heavy (non-hydrogen) atoms. The Morgan fingerprint density at radius 3 is 2.37 bits per heavy atom. The van der Waals surface area contributed by atoms with Crippen LogP contribution in [0.4, 0.5) is 11.4 Å². The van der Waals surface area contributed by atoms with Crippen LogP contribution in [0.5, 0.6) is 0 Å². The molecule has 3 amide bonds. The standard InChI is InChI=1S/C33H40N4O3.ClH/c1-22-17-18-25-13-7-8-14-26(25)27(22)20-37-30-16-10-9-15-29(30)36(31(38)19-24-11-5-4-6-12-24)21-28(33(37)40)35-32(39)23(2)34-3;/h7-10,13-18,23-24,28,34H,4-6,11-12,19-21H2,1-3H3,(H,35,39);1H/t23-,28-;/m0./s1. The average Bonchev–Trinajstić information content (AvgIpc) is 3.09. The fraction of sp³-hybridized carbons (Fsp3) is 0.424. The van der Waals surface area contributed by atoms with Crippen LogP contribution < -0.4 is 20.4 Å². The minimum absolute atomic E-state index is 0.